The molecule has 0 aromatic carbocycles. The second-order valence-electron chi connectivity index (χ2n) is 5.78. The van der Waals surface area contributed by atoms with Gasteiger partial charge < -0.3 is 10.1 Å². The summed E-state index contributed by atoms with van der Waals surface area (Å²) in [4.78, 5) is 12.0. The Balaban J connectivity index is 1.50. The normalized spacial score (nSPS) is 28.3. The van der Waals surface area contributed by atoms with Gasteiger partial charge in [-0.3, -0.25) is 4.79 Å². The lowest BCUT2D eigenvalue weighted by Crippen LogP contribution is -2.40. The molecule has 104 valence electrons. The molecule has 3 rings (SSSR count). The number of nitrogens with one attached hydrogen (secondary N) is 2. The van der Waals surface area contributed by atoms with Crippen molar-refractivity contribution < 1.29 is 9.53 Å². The van der Waals surface area contributed by atoms with Crippen LogP contribution in [0.5, 0.6) is 0 Å². The molecular formula is C12H19N5O2. The minimum atomic E-state index is -0.277. The second-order valence-corrected chi connectivity index (χ2v) is 5.78. The Morgan fingerprint density at radius 1 is 1.58 bits per heavy atom. The summed E-state index contributed by atoms with van der Waals surface area (Å²) in [5, 5.41) is 17.0. The molecule has 2 atom stereocenters. The lowest BCUT2D eigenvalue weighted by Gasteiger charge is -2.18. The van der Waals surface area contributed by atoms with Crippen molar-refractivity contribution in [3.63, 3.8) is 0 Å². The first-order valence-corrected chi connectivity index (χ1v) is 6.80. The summed E-state index contributed by atoms with van der Waals surface area (Å²) in [5.41, 5.74) is 0.126. The Labute approximate surface area is 111 Å². The van der Waals surface area contributed by atoms with Crippen LogP contribution in [-0.2, 0) is 16.0 Å². The molecule has 19 heavy (non-hydrogen) atoms. The molecule has 7 nitrogen and oxygen atoms in total. The Hall–Kier alpha value is -1.50. The van der Waals surface area contributed by atoms with Crippen molar-refractivity contribution in [1.82, 2.24) is 25.9 Å². The van der Waals surface area contributed by atoms with Gasteiger partial charge in [-0.1, -0.05) is 12.1 Å². The summed E-state index contributed by atoms with van der Waals surface area (Å²) >= 11 is 0. The molecule has 1 aromatic heterocycles. The highest BCUT2D eigenvalue weighted by Crippen LogP contribution is 2.47. The molecule has 1 saturated heterocycles. The molecule has 1 saturated carbocycles. The molecule has 2 aliphatic rings. The number of amides is 1. The molecule has 1 aromatic rings. The predicted octanol–water partition coefficient (Wildman–Crippen LogP) is 0.0636. The number of rotatable bonds is 5. The van der Waals surface area contributed by atoms with E-state index in [0.29, 0.717) is 19.1 Å². The van der Waals surface area contributed by atoms with E-state index in [-0.39, 0.29) is 17.4 Å². The second kappa shape index (κ2) is 4.88. The lowest BCUT2D eigenvalue weighted by molar-refractivity contribution is -0.131. The minimum Gasteiger partial charge on any atom is -0.368 e. The average molecular weight is 265 g/mol. The van der Waals surface area contributed by atoms with E-state index < -0.39 is 0 Å². The van der Waals surface area contributed by atoms with Crippen molar-refractivity contribution >= 4 is 5.91 Å². The first-order chi connectivity index (χ1) is 9.19. The van der Waals surface area contributed by atoms with E-state index in [4.69, 9.17) is 4.74 Å². The molecule has 0 radical (unpaired) electrons. The predicted molar refractivity (Wildman–Crippen MR) is 66.1 cm³/mol. The molecule has 0 unspecified atom stereocenters. The zero-order chi connectivity index (χ0) is 13.3. The van der Waals surface area contributed by atoms with Crippen molar-refractivity contribution in [1.29, 1.82) is 0 Å². The van der Waals surface area contributed by atoms with Crippen molar-refractivity contribution in [2.75, 3.05) is 13.2 Å². The summed E-state index contributed by atoms with van der Waals surface area (Å²) in [6.07, 6.45) is 3.66. The highest BCUT2D eigenvalue weighted by Gasteiger charge is 2.44. The zero-order valence-corrected chi connectivity index (χ0v) is 11.1. The third-order valence-electron chi connectivity index (χ3n) is 4.16. The lowest BCUT2D eigenvalue weighted by atomic mass is 10.0. The van der Waals surface area contributed by atoms with Gasteiger partial charge in [0.1, 0.15) is 6.10 Å². The Kier molecular flexibility index (Phi) is 3.22. The van der Waals surface area contributed by atoms with Crippen LogP contribution >= 0.6 is 0 Å². The minimum absolute atomic E-state index is 0.0180. The van der Waals surface area contributed by atoms with Crippen LogP contribution in [0, 0.1) is 11.3 Å². The molecule has 1 aliphatic heterocycles. The van der Waals surface area contributed by atoms with E-state index >= 15 is 0 Å². The number of nitrogens with zero attached hydrogens (tertiary/aromatic N) is 3. The van der Waals surface area contributed by atoms with Gasteiger partial charge in [0.2, 0.25) is 5.91 Å². The number of H-pyrrole nitrogens is 1. The van der Waals surface area contributed by atoms with Gasteiger partial charge in [-0.2, -0.15) is 5.21 Å². The summed E-state index contributed by atoms with van der Waals surface area (Å²) in [6.45, 7) is 3.42. The standard InChI is InChI=1S/C12H19N5O2/c1-8-2-5-19-10(8)11(18)13-7-12(3-4-12)6-9-14-16-17-15-9/h8,10H,2-7H2,1H3,(H,13,18)(H,14,15,16,17)/t8-,10+/m1/s1. The van der Waals surface area contributed by atoms with Crippen molar-refractivity contribution in [3.05, 3.63) is 5.82 Å². The van der Waals surface area contributed by atoms with E-state index in [1.165, 1.54) is 0 Å². The van der Waals surface area contributed by atoms with E-state index in [0.717, 1.165) is 31.5 Å². The fourth-order valence-corrected chi connectivity index (χ4v) is 2.59. The monoisotopic (exact) mass is 265 g/mol. The molecule has 0 spiro atoms. The van der Waals surface area contributed by atoms with Crippen LogP contribution in [0.4, 0.5) is 0 Å². The molecule has 1 aliphatic carbocycles. The third-order valence-corrected chi connectivity index (χ3v) is 4.16. The van der Waals surface area contributed by atoms with Gasteiger partial charge in [-0.25, -0.2) is 0 Å². The van der Waals surface area contributed by atoms with E-state index in [1.54, 1.807) is 0 Å². The third kappa shape index (κ3) is 2.75. The molecule has 1 amide bonds. The van der Waals surface area contributed by atoms with Crippen LogP contribution in [-0.4, -0.2) is 45.8 Å². The molecule has 7 heteroatoms. The fraction of sp³-hybridized carbons (Fsp3) is 0.833. The topological polar surface area (TPSA) is 92.8 Å². The van der Waals surface area contributed by atoms with Gasteiger partial charge in [-0.15, -0.1) is 10.2 Å². The maximum Gasteiger partial charge on any atom is 0.249 e. The molecule has 2 fully saturated rings. The van der Waals surface area contributed by atoms with Gasteiger partial charge in [0.05, 0.1) is 0 Å². The van der Waals surface area contributed by atoms with Gasteiger partial charge in [0.25, 0.3) is 0 Å². The van der Waals surface area contributed by atoms with Crippen molar-refractivity contribution in [2.45, 2.75) is 38.7 Å². The highest BCUT2D eigenvalue weighted by atomic mass is 16.5. The highest BCUT2D eigenvalue weighted by molar-refractivity contribution is 5.81. The number of aromatic nitrogens is 4. The molecular weight excluding hydrogens is 246 g/mol. The van der Waals surface area contributed by atoms with Crippen LogP contribution in [0.15, 0.2) is 0 Å². The van der Waals surface area contributed by atoms with Gasteiger partial charge >= 0.3 is 0 Å². The van der Waals surface area contributed by atoms with Crippen LogP contribution in [0.3, 0.4) is 0 Å². The Morgan fingerprint density at radius 2 is 2.42 bits per heavy atom. The van der Waals surface area contributed by atoms with Gasteiger partial charge in [0, 0.05) is 19.6 Å². The summed E-state index contributed by atoms with van der Waals surface area (Å²) in [7, 11) is 0. The number of aromatic amines is 1. The van der Waals surface area contributed by atoms with Crippen molar-refractivity contribution in [3.8, 4) is 0 Å². The Bertz CT molecular complexity index is 443. The zero-order valence-electron chi connectivity index (χ0n) is 11.1. The van der Waals surface area contributed by atoms with Crippen LogP contribution in [0.1, 0.15) is 32.0 Å². The maximum atomic E-state index is 12.0. The number of tetrazole rings is 1. The van der Waals surface area contributed by atoms with E-state index in [9.17, 15) is 4.79 Å². The average Bonchev–Trinajstić information content (AvgIpc) is 2.78. The SMILES string of the molecule is C[C@@H]1CCO[C@@H]1C(=O)NCC1(Cc2nn[nH]n2)CC1. The van der Waals surface area contributed by atoms with Gasteiger partial charge in [0.15, 0.2) is 5.82 Å². The van der Waals surface area contributed by atoms with E-state index in [1.807, 2.05) is 0 Å². The van der Waals surface area contributed by atoms with Crippen LogP contribution < -0.4 is 5.32 Å². The number of carbonyl (C=O) groups is 1. The molecule has 2 heterocycles. The number of hydrogen-bond acceptors (Lipinski definition) is 5. The summed E-state index contributed by atoms with van der Waals surface area (Å²) in [5.74, 6) is 1.05. The van der Waals surface area contributed by atoms with E-state index in [2.05, 4.69) is 32.9 Å². The number of ether oxygens (including phenoxy) is 1. The number of hydrogen-bond donors (Lipinski definition) is 2. The van der Waals surface area contributed by atoms with Gasteiger partial charge in [-0.05, 0) is 30.6 Å². The maximum absolute atomic E-state index is 12.0. The quantitative estimate of drug-likeness (QED) is 0.785. The van der Waals surface area contributed by atoms with Crippen molar-refractivity contribution in [2.24, 2.45) is 11.3 Å². The summed E-state index contributed by atoms with van der Waals surface area (Å²) in [6, 6.07) is 0. The largest absolute Gasteiger partial charge is 0.368 e. The van der Waals surface area contributed by atoms with Crippen LogP contribution in [0.2, 0.25) is 0 Å². The smallest absolute Gasteiger partial charge is 0.249 e. The van der Waals surface area contributed by atoms with Crippen LogP contribution in [0.25, 0.3) is 0 Å². The Morgan fingerprint density at radius 3 is 3.00 bits per heavy atom. The summed E-state index contributed by atoms with van der Waals surface area (Å²) < 4.78 is 5.47. The molecule has 2 N–H and O–H groups in total. The fourth-order valence-electron chi connectivity index (χ4n) is 2.59. The first-order valence-electron chi connectivity index (χ1n) is 6.80. The molecule has 0 bridgehead atoms. The first kappa shape index (κ1) is 12.5. The number of carbonyl (C=O) groups excluding carboxylic acids is 1.